The Labute approximate surface area is 93.6 Å². The molecular formula is C13H12O3. The van der Waals surface area contributed by atoms with E-state index in [1.54, 1.807) is 36.4 Å². The molecule has 0 amide bonds. The number of ether oxygens (including phenoxy) is 1. The summed E-state index contributed by atoms with van der Waals surface area (Å²) in [5, 5.41) is 18.3. The number of para-hydroxylation sites is 2. The van der Waals surface area contributed by atoms with Crippen LogP contribution in [0.15, 0.2) is 54.6 Å². The molecule has 0 radical (unpaired) electrons. The van der Waals surface area contributed by atoms with Crippen molar-refractivity contribution >= 4 is 0 Å². The molecular weight excluding hydrogens is 204 g/mol. The molecule has 0 aliphatic rings. The Morgan fingerprint density at radius 2 is 1.44 bits per heavy atom. The number of rotatable bonds is 3. The third kappa shape index (κ3) is 2.39. The van der Waals surface area contributed by atoms with Gasteiger partial charge in [-0.05, 0) is 18.2 Å². The van der Waals surface area contributed by atoms with Crippen LogP contribution in [0, 0.1) is 0 Å². The Hall–Kier alpha value is -1.84. The average Bonchev–Trinajstić information content (AvgIpc) is 2.31. The molecule has 0 aromatic heterocycles. The summed E-state index contributed by atoms with van der Waals surface area (Å²) < 4.78 is 5.55. The minimum Gasteiger partial charge on any atom is -0.457 e. The van der Waals surface area contributed by atoms with E-state index in [0.717, 1.165) is 0 Å². The first-order valence-electron chi connectivity index (χ1n) is 4.95. The molecule has 2 aromatic rings. The van der Waals surface area contributed by atoms with Gasteiger partial charge in [-0.15, -0.1) is 0 Å². The van der Waals surface area contributed by atoms with Crippen molar-refractivity contribution in [2.24, 2.45) is 0 Å². The van der Waals surface area contributed by atoms with Crippen molar-refractivity contribution in [3.05, 3.63) is 60.2 Å². The standard InChI is InChI=1S/C13H12O3/c14-13(15)11-8-4-5-9-12(11)16-10-6-2-1-3-7-10/h1-9,13-15H. The van der Waals surface area contributed by atoms with E-state index in [4.69, 9.17) is 14.9 Å². The molecule has 0 spiro atoms. The van der Waals surface area contributed by atoms with Crippen molar-refractivity contribution in [3.8, 4) is 11.5 Å². The molecule has 2 N–H and O–H groups in total. The van der Waals surface area contributed by atoms with Gasteiger partial charge in [-0.2, -0.15) is 0 Å². The maximum atomic E-state index is 9.16. The van der Waals surface area contributed by atoms with E-state index in [1.165, 1.54) is 0 Å². The van der Waals surface area contributed by atoms with Gasteiger partial charge in [-0.25, -0.2) is 0 Å². The van der Waals surface area contributed by atoms with Crippen molar-refractivity contribution in [1.82, 2.24) is 0 Å². The fourth-order valence-corrected chi connectivity index (χ4v) is 1.40. The highest BCUT2D eigenvalue weighted by Gasteiger charge is 2.09. The molecule has 0 saturated heterocycles. The third-order valence-electron chi connectivity index (χ3n) is 2.17. The summed E-state index contributed by atoms with van der Waals surface area (Å²) in [6.45, 7) is 0. The second kappa shape index (κ2) is 4.79. The van der Waals surface area contributed by atoms with Crippen LogP contribution in [0.3, 0.4) is 0 Å². The minimum absolute atomic E-state index is 0.353. The van der Waals surface area contributed by atoms with Crippen LogP contribution in [0.1, 0.15) is 11.9 Å². The zero-order valence-corrected chi connectivity index (χ0v) is 8.58. The number of aliphatic hydroxyl groups is 2. The number of hydrogen-bond donors (Lipinski definition) is 2. The summed E-state index contributed by atoms with van der Waals surface area (Å²) in [6.07, 6.45) is -1.53. The van der Waals surface area contributed by atoms with Gasteiger partial charge in [-0.3, -0.25) is 0 Å². The lowest BCUT2D eigenvalue weighted by Gasteiger charge is -2.11. The molecule has 0 bridgehead atoms. The summed E-state index contributed by atoms with van der Waals surface area (Å²) in [7, 11) is 0. The van der Waals surface area contributed by atoms with Crippen LogP contribution in [0.4, 0.5) is 0 Å². The molecule has 0 heterocycles. The molecule has 3 heteroatoms. The molecule has 82 valence electrons. The zero-order chi connectivity index (χ0) is 11.4. The van der Waals surface area contributed by atoms with Gasteiger partial charge < -0.3 is 14.9 Å². The summed E-state index contributed by atoms with van der Waals surface area (Å²) in [6, 6.07) is 16.0. The van der Waals surface area contributed by atoms with Crippen LogP contribution in [0.2, 0.25) is 0 Å². The molecule has 0 unspecified atom stereocenters. The van der Waals surface area contributed by atoms with Gasteiger partial charge in [0.1, 0.15) is 11.5 Å². The Balaban J connectivity index is 2.28. The fraction of sp³-hybridized carbons (Fsp3) is 0.0769. The lowest BCUT2D eigenvalue weighted by Crippen LogP contribution is -1.98. The SMILES string of the molecule is OC(O)c1ccccc1Oc1ccccc1. The van der Waals surface area contributed by atoms with Gasteiger partial charge >= 0.3 is 0 Å². The largest absolute Gasteiger partial charge is 0.457 e. The maximum absolute atomic E-state index is 9.16. The van der Waals surface area contributed by atoms with Gasteiger partial charge in [0.05, 0.1) is 0 Å². The van der Waals surface area contributed by atoms with E-state index < -0.39 is 6.29 Å². The van der Waals surface area contributed by atoms with Crippen molar-refractivity contribution in [3.63, 3.8) is 0 Å². The topological polar surface area (TPSA) is 49.7 Å². The molecule has 16 heavy (non-hydrogen) atoms. The lowest BCUT2D eigenvalue weighted by molar-refractivity contribution is -0.0436. The van der Waals surface area contributed by atoms with Crippen LogP contribution in [0.5, 0.6) is 11.5 Å². The molecule has 0 atom stereocenters. The number of benzene rings is 2. The molecule has 3 nitrogen and oxygen atoms in total. The minimum atomic E-state index is -1.53. The van der Waals surface area contributed by atoms with Gasteiger partial charge in [0.25, 0.3) is 0 Å². The Morgan fingerprint density at radius 1 is 0.812 bits per heavy atom. The first-order chi connectivity index (χ1) is 7.77. The predicted octanol–water partition coefficient (Wildman–Crippen LogP) is 2.46. The molecule has 2 aromatic carbocycles. The van der Waals surface area contributed by atoms with Crippen molar-refractivity contribution < 1.29 is 14.9 Å². The second-order valence-electron chi connectivity index (χ2n) is 3.33. The summed E-state index contributed by atoms with van der Waals surface area (Å²) in [5.41, 5.74) is 0.353. The van der Waals surface area contributed by atoms with Gasteiger partial charge in [0.15, 0.2) is 6.29 Å². The average molecular weight is 216 g/mol. The van der Waals surface area contributed by atoms with Crippen LogP contribution in [0.25, 0.3) is 0 Å². The summed E-state index contributed by atoms with van der Waals surface area (Å²) >= 11 is 0. The van der Waals surface area contributed by atoms with Crippen molar-refractivity contribution in [2.75, 3.05) is 0 Å². The third-order valence-corrected chi connectivity index (χ3v) is 2.17. The summed E-state index contributed by atoms with van der Waals surface area (Å²) in [4.78, 5) is 0. The second-order valence-corrected chi connectivity index (χ2v) is 3.33. The highest BCUT2D eigenvalue weighted by molar-refractivity contribution is 5.38. The molecule has 0 fully saturated rings. The lowest BCUT2D eigenvalue weighted by atomic mass is 10.2. The van der Waals surface area contributed by atoms with Crippen LogP contribution < -0.4 is 4.74 Å². The zero-order valence-electron chi connectivity index (χ0n) is 8.58. The van der Waals surface area contributed by atoms with E-state index in [-0.39, 0.29) is 0 Å². The molecule has 0 aliphatic carbocycles. The van der Waals surface area contributed by atoms with E-state index >= 15 is 0 Å². The monoisotopic (exact) mass is 216 g/mol. The number of hydrogen-bond acceptors (Lipinski definition) is 3. The van der Waals surface area contributed by atoms with E-state index in [2.05, 4.69) is 0 Å². The summed E-state index contributed by atoms with van der Waals surface area (Å²) in [5.74, 6) is 1.11. The number of aliphatic hydroxyl groups excluding tert-OH is 1. The smallest absolute Gasteiger partial charge is 0.182 e. The van der Waals surface area contributed by atoms with E-state index in [1.807, 2.05) is 18.2 Å². The molecule has 2 rings (SSSR count). The van der Waals surface area contributed by atoms with Gasteiger partial charge in [0, 0.05) is 5.56 Å². The first kappa shape index (κ1) is 10.7. The normalized spacial score (nSPS) is 10.4. The van der Waals surface area contributed by atoms with Crippen molar-refractivity contribution in [1.29, 1.82) is 0 Å². The van der Waals surface area contributed by atoms with E-state index in [9.17, 15) is 0 Å². The quantitative estimate of drug-likeness (QED) is 0.775. The maximum Gasteiger partial charge on any atom is 0.182 e. The van der Waals surface area contributed by atoms with Crippen LogP contribution in [-0.2, 0) is 0 Å². The Bertz CT molecular complexity index is 452. The Kier molecular flexibility index (Phi) is 3.19. The van der Waals surface area contributed by atoms with E-state index in [0.29, 0.717) is 17.1 Å². The molecule has 0 aliphatic heterocycles. The highest BCUT2D eigenvalue weighted by atomic mass is 16.5. The fourth-order valence-electron chi connectivity index (χ4n) is 1.40. The molecule has 0 saturated carbocycles. The van der Waals surface area contributed by atoms with Crippen LogP contribution >= 0.6 is 0 Å². The van der Waals surface area contributed by atoms with Gasteiger partial charge in [0.2, 0.25) is 0 Å². The Morgan fingerprint density at radius 3 is 2.12 bits per heavy atom. The highest BCUT2D eigenvalue weighted by Crippen LogP contribution is 2.28. The van der Waals surface area contributed by atoms with Gasteiger partial charge in [-0.1, -0.05) is 36.4 Å². The van der Waals surface area contributed by atoms with Crippen LogP contribution in [-0.4, -0.2) is 10.2 Å². The van der Waals surface area contributed by atoms with Crippen molar-refractivity contribution in [2.45, 2.75) is 6.29 Å². The first-order valence-corrected chi connectivity index (χ1v) is 4.95. The predicted molar refractivity (Wildman–Crippen MR) is 60.1 cm³/mol.